The first-order valence-corrected chi connectivity index (χ1v) is 23.1. The first-order valence-electron chi connectivity index (χ1n) is 16.6. The fourth-order valence-electron chi connectivity index (χ4n) is 7.15. The number of halogens is 6. The molecule has 0 atom stereocenters. The Bertz CT molecular complexity index is 1910. The molecule has 0 saturated heterocycles. The second kappa shape index (κ2) is 16.8. The summed E-state index contributed by atoms with van der Waals surface area (Å²) in [5.74, 6) is 0.613. The number of benzene rings is 6. The summed E-state index contributed by atoms with van der Waals surface area (Å²) >= 11 is 13.4. The van der Waals surface area contributed by atoms with Crippen LogP contribution >= 0.6 is 136 Å². The molecule has 0 amide bonds. The standard InChI is InChI=1S/C42H30I6O6/c43-31-7-19-1-20-8-32(44)10-22(38(20)50)3-24-12-34(46)14-26(40(24)52)5-28-16-36(48)18-30(42(28)54)6-29-17-35(47)15-27(41(29)53)4-25-13-33(45)11-23(39(25)51)2-21(9-31)37(19)49/h7-18,49-54H,1-6H2. The predicted octanol–water partition coefficient (Wildman–Crippen LogP) is 11.4. The van der Waals surface area contributed by atoms with Crippen LogP contribution in [0.2, 0.25) is 0 Å². The van der Waals surface area contributed by atoms with Gasteiger partial charge in [0.15, 0.2) is 0 Å². The zero-order valence-electron chi connectivity index (χ0n) is 28.1. The van der Waals surface area contributed by atoms with E-state index in [9.17, 15) is 30.6 Å². The van der Waals surface area contributed by atoms with Gasteiger partial charge in [-0.25, -0.2) is 0 Å². The average molecular weight is 1390 g/mol. The molecule has 12 bridgehead atoms. The number of phenolic OH excluding ortho intramolecular Hbond substituents is 6. The largest absolute Gasteiger partial charge is 0.507 e. The maximum Gasteiger partial charge on any atom is 0.122 e. The van der Waals surface area contributed by atoms with Gasteiger partial charge in [0.25, 0.3) is 0 Å². The Kier molecular flexibility index (Phi) is 12.6. The third-order valence-corrected chi connectivity index (χ3v) is 13.4. The minimum absolute atomic E-state index is 0.102. The van der Waals surface area contributed by atoms with Gasteiger partial charge < -0.3 is 30.6 Å². The molecular weight excluding hydrogens is 1360 g/mol. The minimum atomic E-state index is 0.102. The molecule has 1 aliphatic rings. The normalized spacial score (nSPS) is 13.0. The van der Waals surface area contributed by atoms with Gasteiger partial charge in [0, 0.05) is 59.9 Å². The number of phenols is 6. The van der Waals surface area contributed by atoms with Crippen molar-refractivity contribution in [3.8, 4) is 34.5 Å². The van der Waals surface area contributed by atoms with E-state index in [-0.39, 0.29) is 73.0 Å². The molecule has 0 fully saturated rings. The lowest BCUT2D eigenvalue weighted by Crippen LogP contribution is -2.02. The monoisotopic (exact) mass is 1390 g/mol. The van der Waals surface area contributed by atoms with Crippen LogP contribution in [-0.2, 0) is 38.5 Å². The summed E-state index contributed by atoms with van der Waals surface area (Å²) < 4.78 is 5.45. The number of hydrogen-bond acceptors (Lipinski definition) is 6. The Balaban J connectivity index is 1.43. The maximum absolute atomic E-state index is 11.7. The van der Waals surface area contributed by atoms with Gasteiger partial charge in [-0.3, -0.25) is 0 Å². The van der Waals surface area contributed by atoms with Gasteiger partial charge in [-0.05, 0) is 275 Å². The molecule has 0 radical (unpaired) electrons. The van der Waals surface area contributed by atoms with Crippen LogP contribution in [0.25, 0.3) is 0 Å². The molecule has 54 heavy (non-hydrogen) atoms. The molecule has 0 aliphatic heterocycles. The highest BCUT2D eigenvalue weighted by molar-refractivity contribution is 14.1. The summed E-state index contributed by atoms with van der Waals surface area (Å²) in [5.41, 5.74) is 7.75. The highest BCUT2D eigenvalue weighted by atomic mass is 127. The van der Waals surface area contributed by atoms with Crippen LogP contribution < -0.4 is 0 Å². The Labute approximate surface area is 394 Å². The molecule has 276 valence electrons. The molecule has 6 aromatic rings. The Hall–Kier alpha value is -1.50. The second-order valence-corrected chi connectivity index (χ2v) is 21.0. The van der Waals surface area contributed by atoms with Crippen molar-refractivity contribution in [2.45, 2.75) is 38.5 Å². The SMILES string of the molecule is Oc1c2cc(I)cc1Cc1cc(I)cc(c1O)Cc1cc(I)cc(c1O)Cc1cc(I)cc(c1O)Cc1cc(I)cc(c1O)Cc1cc(I)cc(c1O)C2. The highest BCUT2D eigenvalue weighted by Gasteiger charge is 2.22. The van der Waals surface area contributed by atoms with Crippen molar-refractivity contribution in [1.29, 1.82) is 0 Å². The molecular formula is C42H30I6O6. The van der Waals surface area contributed by atoms with E-state index in [0.29, 0.717) is 66.8 Å². The summed E-state index contributed by atoms with van der Waals surface area (Å²) in [4.78, 5) is 0. The zero-order chi connectivity index (χ0) is 38.6. The quantitative estimate of drug-likeness (QED) is 0.0842. The Morgan fingerprint density at radius 2 is 0.315 bits per heavy atom. The third-order valence-electron chi connectivity index (χ3n) is 9.68. The van der Waals surface area contributed by atoms with E-state index in [1.807, 2.05) is 72.8 Å². The molecule has 0 aromatic heterocycles. The molecule has 7 rings (SSSR count). The van der Waals surface area contributed by atoms with E-state index in [4.69, 9.17) is 0 Å². The molecule has 0 saturated carbocycles. The lowest BCUT2D eigenvalue weighted by atomic mass is 9.91. The second-order valence-electron chi connectivity index (χ2n) is 13.5. The van der Waals surface area contributed by atoms with E-state index in [0.717, 1.165) is 21.4 Å². The Morgan fingerprint density at radius 3 is 0.407 bits per heavy atom. The molecule has 0 unspecified atom stereocenters. The zero-order valence-corrected chi connectivity index (χ0v) is 41.1. The first-order chi connectivity index (χ1) is 25.6. The van der Waals surface area contributed by atoms with E-state index in [1.54, 1.807) is 0 Å². The third kappa shape index (κ3) is 8.81. The minimum Gasteiger partial charge on any atom is -0.507 e. The van der Waals surface area contributed by atoms with Crippen molar-refractivity contribution in [1.82, 2.24) is 0 Å². The topological polar surface area (TPSA) is 121 Å². The predicted molar refractivity (Wildman–Crippen MR) is 262 cm³/mol. The summed E-state index contributed by atoms with van der Waals surface area (Å²) in [5, 5.41) is 70.1. The van der Waals surface area contributed by atoms with Crippen LogP contribution in [0.15, 0.2) is 72.8 Å². The number of aromatic hydroxyl groups is 6. The van der Waals surface area contributed by atoms with Gasteiger partial charge in [0.1, 0.15) is 34.5 Å². The van der Waals surface area contributed by atoms with Crippen LogP contribution in [0.3, 0.4) is 0 Å². The van der Waals surface area contributed by atoms with Crippen molar-refractivity contribution in [2.75, 3.05) is 0 Å². The lowest BCUT2D eigenvalue weighted by molar-refractivity contribution is 0.451. The molecule has 12 heteroatoms. The molecule has 1 aliphatic carbocycles. The molecule has 6 nitrogen and oxygen atoms in total. The van der Waals surface area contributed by atoms with Crippen molar-refractivity contribution in [2.24, 2.45) is 0 Å². The van der Waals surface area contributed by atoms with Gasteiger partial charge in [-0.15, -0.1) is 0 Å². The number of hydrogen-bond donors (Lipinski definition) is 6. The lowest BCUT2D eigenvalue weighted by Gasteiger charge is -2.18. The van der Waals surface area contributed by atoms with E-state index >= 15 is 0 Å². The molecule has 0 spiro atoms. The summed E-state index contributed by atoms with van der Waals surface area (Å²) in [7, 11) is 0. The van der Waals surface area contributed by atoms with Gasteiger partial charge in [0.05, 0.1) is 0 Å². The van der Waals surface area contributed by atoms with Crippen LogP contribution in [0.1, 0.15) is 66.8 Å². The van der Waals surface area contributed by atoms with E-state index in [2.05, 4.69) is 136 Å². The van der Waals surface area contributed by atoms with E-state index in [1.165, 1.54) is 0 Å². The van der Waals surface area contributed by atoms with Gasteiger partial charge >= 0.3 is 0 Å². The summed E-state index contributed by atoms with van der Waals surface area (Å²) in [6.07, 6.45) is 1.59. The Morgan fingerprint density at radius 1 is 0.222 bits per heavy atom. The van der Waals surface area contributed by atoms with Gasteiger partial charge in [-0.2, -0.15) is 0 Å². The maximum atomic E-state index is 11.7. The fourth-order valence-corrected chi connectivity index (χ4v) is 11.7. The van der Waals surface area contributed by atoms with Crippen molar-refractivity contribution >= 4 is 136 Å². The number of rotatable bonds is 0. The fraction of sp³-hybridized carbons (Fsp3) is 0.143. The van der Waals surface area contributed by atoms with Crippen LogP contribution in [0.5, 0.6) is 34.5 Å². The molecule has 6 aromatic carbocycles. The molecule has 6 N–H and O–H groups in total. The first kappa shape index (κ1) is 40.7. The molecule has 0 heterocycles. The summed E-state index contributed by atoms with van der Waals surface area (Å²) in [6, 6.07) is 22.9. The smallest absolute Gasteiger partial charge is 0.122 e. The van der Waals surface area contributed by atoms with Crippen molar-refractivity contribution < 1.29 is 30.6 Å². The average Bonchev–Trinajstić information content (AvgIpc) is 3.09. The van der Waals surface area contributed by atoms with Crippen LogP contribution in [-0.4, -0.2) is 30.6 Å². The van der Waals surface area contributed by atoms with Crippen molar-refractivity contribution in [3.63, 3.8) is 0 Å². The van der Waals surface area contributed by atoms with Gasteiger partial charge in [0.2, 0.25) is 0 Å². The van der Waals surface area contributed by atoms with Gasteiger partial charge in [-0.1, -0.05) is 0 Å². The van der Waals surface area contributed by atoms with Crippen LogP contribution in [0, 0.1) is 21.4 Å². The summed E-state index contributed by atoms with van der Waals surface area (Å²) in [6.45, 7) is 0. The number of fused-ring (bicyclic) bond motifs is 12. The highest BCUT2D eigenvalue weighted by Crippen LogP contribution is 2.41. The van der Waals surface area contributed by atoms with E-state index < -0.39 is 0 Å². The van der Waals surface area contributed by atoms with Crippen LogP contribution in [0.4, 0.5) is 0 Å². The van der Waals surface area contributed by atoms with Crippen molar-refractivity contribution in [3.05, 3.63) is 161 Å².